The number of ether oxygens (including phenoxy) is 1. The first-order chi connectivity index (χ1) is 8.26. The molecule has 1 aliphatic carbocycles. The number of aromatic nitrogens is 1. The van der Waals surface area contributed by atoms with Crippen LogP contribution in [0.3, 0.4) is 0 Å². The van der Waals surface area contributed by atoms with Crippen LogP contribution in [-0.4, -0.2) is 24.0 Å². The molecule has 1 aliphatic rings. The van der Waals surface area contributed by atoms with E-state index < -0.39 is 0 Å². The maximum absolute atomic E-state index is 11.8. The second-order valence-corrected chi connectivity index (χ2v) is 4.38. The number of hydrogen-bond donors (Lipinski definition) is 2. The number of fused-ring (bicyclic) bond motifs is 1. The predicted octanol–water partition coefficient (Wildman–Crippen LogP) is 2.07. The summed E-state index contributed by atoms with van der Waals surface area (Å²) in [7, 11) is 1.63. The molecule has 0 spiro atoms. The molecular weight excluding hydrogens is 216 g/mol. The van der Waals surface area contributed by atoms with Crippen LogP contribution in [0.4, 0.5) is 0 Å². The van der Waals surface area contributed by atoms with Crippen molar-refractivity contribution in [2.24, 2.45) is 0 Å². The van der Waals surface area contributed by atoms with Gasteiger partial charge in [0, 0.05) is 23.0 Å². The molecule has 0 bridgehead atoms. The summed E-state index contributed by atoms with van der Waals surface area (Å²) in [6, 6.07) is 7.97. The van der Waals surface area contributed by atoms with E-state index in [2.05, 4.69) is 10.3 Å². The van der Waals surface area contributed by atoms with E-state index in [0.717, 1.165) is 29.5 Å². The fourth-order valence-electron chi connectivity index (χ4n) is 1.85. The maximum Gasteiger partial charge on any atom is 0.267 e. The van der Waals surface area contributed by atoms with Crippen molar-refractivity contribution >= 4 is 16.8 Å². The fourth-order valence-corrected chi connectivity index (χ4v) is 1.85. The molecule has 0 aliphatic heterocycles. The highest BCUT2D eigenvalue weighted by Crippen LogP contribution is 2.23. The van der Waals surface area contributed by atoms with E-state index in [1.54, 1.807) is 7.11 Å². The minimum atomic E-state index is -0.0253. The van der Waals surface area contributed by atoms with Crippen LogP contribution in [0.15, 0.2) is 24.3 Å². The molecule has 0 radical (unpaired) electrons. The fraction of sp³-hybridized carbons (Fsp3) is 0.308. The Morgan fingerprint density at radius 3 is 2.94 bits per heavy atom. The summed E-state index contributed by atoms with van der Waals surface area (Å²) >= 11 is 0. The lowest BCUT2D eigenvalue weighted by atomic mass is 10.2. The molecule has 2 aromatic rings. The van der Waals surface area contributed by atoms with Crippen LogP contribution in [0, 0.1) is 0 Å². The third kappa shape index (κ3) is 1.98. The zero-order valence-corrected chi connectivity index (χ0v) is 9.62. The maximum atomic E-state index is 11.8. The number of rotatable bonds is 3. The summed E-state index contributed by atoms with van der Waals surface area (Å²) in [5.74, 6) is 0.760. The summed E-state index contributed by atoms with van der Waals surface area (Å²) in [6.07, 6.45) is 2.19. The molecular formula is C13H14N2O2. The van der Waals surface area contributed by atoms with Gasteiger partial charge in [0.15, 0.2) is 0 Å². The number of methoxy groups -OCH3 is 1. The van der Waals surface area contributed by atoms with E-state index in [1.165, 1.54) is 0 Å². The molecule has 2 N–H and O–H groups in total. The molecule has 1 amide bonds. The summed E-state index contributed by atoms with van der Waals surface area (Å²) < 4.78 is 5.15. The Bertz CT molecular complexity index is 570. The molecule has 17 heavy (non-hydrogen) atoms. The Hall–Kier alpha value is -1.97. The molecule has 0 atom stereocenters. The largest absolute Gasteiger partial charge is 0.497 e. The van der Waals surface area contributed by atoms with E-state index in [-0.39, 0.29) is 5.91 Å². The number of carbonyl (C=O) groups excluding carboxylic acids is 1. The molecule has 1 fully saturated rings. The molecule has 1 saturated carbocycles. The van der Waals surface area contributed by atoms with Crippen LogP contribution in [0.1, 0.15) is 23.3 Å². The first-order valence-corrected chi connectivity index (χ1v) is 5.74. The van der Waals surface area contributed by atoms with Gasteiger partial charge in [0.05, 0.1) is 7.11 Å². The van der Waals surface area contributed by atoms with Gasteiger partial charge >= 0.3 is 0 Å². The second kappa shape index (κ2) is 3.80. The van der Waals surface area contributed by atoms with Crippen LogP contribution in [0.25, 0.3) is 10.9 Å². The summed E-state index contributed by atoms with van der Waals surface area (Å²) in [6.45, 7) is 0. The quantitative estimate of drug-likeness (QED) is 0.848. The number of carbonyl (C=O) groups is 1. The zero-order valence-electron chi connectivity index (χ0n) is 9.62. The van der Waals surface area contributed by atoms with Gasteiger partial charge in [-0.25, -0.2) is 0 Å². The lowest BCUT2D eigenvalue weighted by molar-refractivity contribution is 0.0947. The standard InChI is InChI=1S/C13H14N2O2/c1-17-10-5-2-8-6-12(15-11(8)7-10)13(16)14-9-3-4-9/h2,5-7,9,15H,3-4H2,1H3,(H,14,16). The number of aromatic amines is 1. The van der Waals surface area contributed by atoms with Gasteiger partial charge in [-0.05, 0) is 31.0 Å². The van der Waals surface area contributed by atoms with Crippen molar-refractivity contribution in [3.63, 3.8) is 0 Å². The average molecular weight is 230 g/mol. The van der Waals surface area contributed by atoms with Crippen molar-refractivity contribution in [2.75, 3.05) is 7.11 Å². The Kier molecular flexibility index (Phi) is 2.28. The van der Waals surface area contributed by atoms with Gasteiger partial charge in [-0.15, -0.1) is 0 Å². The monoisotopic (exact) mass is 230 g/mol. The van der Waals surface area contributed by atoms with E-state index in [0.29, 0.717) is 11.7 Å². The second-order valence-electron chi connectivity index (χ2n) is 4.38. The SMILES string of the molecule is COc1ccc2cc(C(=O)NC3CC3)[nH]c2c1. The van der Waals surface area contributed by atoms with E-state index in [9.17, 15) is 4.79 Å². The molecule has 0 unspecified atom stereocenters. The Balaban J connectivity index is 1.91. The van der Waals surface area contributed by atoms with Gasteiger partial charge < -0.3 is 15.0 Å². The minimum Gasteiger partial charge on any atom is -0.497 e. The number of H-pyrrole nitrogens is 1. The summed E-state index contributed by atoms with van der Waals surface area (Å²) in [5.41, 5.74) is 1.53. The Morgan fingerprint density at radius 2 is 2.24 bits per heavy atom. The van der Waals surface area contributed by atoms with Gasteiger partial charge in [-0.1, -0.05) is 0 Å². The number of nitrogens with one attached hydrogen (secondary N) is 2. The van der Waals surface area contributed by atoms with E-state index in [1.807, 2.05) is 24.3 Å². The normalized spacial score (nSPS) is 14.9. The number of benzene rings is 1. The van der Waals surface area contributed by atoms with Crippen molar-refractivity contribution in [3.05, 3.63) is 30.0 Å². The molecule has 4 heteroatoms. The zero-order chi connectivity index (χ0) is 11.8. The highest BCUT2D eigenvalue weighted by Gasteiger charge is 2.24. The molecule has 1 heterocycles. The van der Waals surface area contributed by atoms with Crippen molar-refractivity contribution < 1.29 is 9.53 Å². The topological polar surface area (TPSA) is 54.1 Å². The Labute approximate surface area is 99.0 Å². The first-order valence-electron chi connectivity index (χ1n) is 5.74. The summed E-state index contributed by atoms with van der Waals surface area (Å²) in [5, 5.41) is 3.98. The highest BCUT2D eigenvalue weighted by atomic mass is 16.5. The molecule has 88 valence electrons. The van der Waals surface area contributed by atoms with Gasteiger partial charge in [0.25, 0.3) is 5.91 Å². The van der Waals surface area contributed by atoms with Gasteiger partial charge in [0.2, 0.25) is 0 Å². The van der Waals surface area contributed by atoms with Crippen molar-refractivity contribution in [1.29, 1.82) is 0 Å². The van der Waals surface area contributed by atoms with Crippen LogP contribution < -0.4 is 10.1 Å². The van der Waals surface area contributed by atoms with Crippen molar-refractivity contribution in [1.82, 2.24) is 10.3 Å². The summed E-state index contributed by atoms with van der Waals surface area (Å²) in [4.78, 5) is 15.0. The van der Waals surface area contributed by atoms with Crippen LogP contribution in [0.2, 0.25) is 0 Å². The van der Waals surface area contributed by atoms with E-state index >= 15 is 0 Å². The molecule has 4 nitrogen and oxygen atoms in total. The third-order valence-electron chi connectivity index (χ3n) is 2.99. The van der Waals surface area contributed by atoms with Gasteiger partial charge in [-0.2, -0.15) is 0 Å². The smallest absolute Gasteiger partial charge is 0.267 e. The average Bonchev–Trinajstić information content (AvgIpc) is 3.04. The van der Waals surface area contributed by atoms with Gasteiger partial charge in [-0.3, -0.25) is 4.79 Å². The molecule has 1 aromatic heterocycles. The molecule has 3 rings (SSSR count). The predicted molar refractivity (Wildman–Crippen MR) is 65.3 cm³/mol. The van der Waals surface area contributed by atoms with Crippen LogP contribution in [0.5, 0.6) is 5.75 Å². The van der Waals surface area contributed by atoms with Crippen LogP contribution >= 0.6 is 0 Å². The first kappa shape index (κ1) is 10.2. The van der Waals surface area contributed by atoms with Crippen LogP contribution in [-0.2, 0) is 0 Å². The van der Waals surface area contributed by atoms with Crippen molar-refractivity contribution in [2.45, 2.75) is 18.9 Å². The number of amides is 1. The highest BCUT2D eigenvalue weighted by molar-refractivity contribution is 5.98. The lowest BCUT2D eigenvalue weighted by Gasteiger charge is -1.99. The minimum absolute atomic E-state index is 0.0253. The molecule has 1 aromatic carbocycles. The third-order valence-corrected chi connectivity index (χ3v) is 2.99. The van der Waals surface area contributed by atoms with E-state index in [4.69, 9.17) is 4.74 Å². The lowest BCUT2D eigenvalue weighted by Crippen LogP contribution is -2.25. The Morgan fingerprint density at radius 1 is 1.41 bits per heavy atom. The number of hydrogen-bond acceptors (Lipinski definition) is 2. The molecule has 0 saturated heterocycles. The van der Waals surface area contributed by atoms with Crippen molar-refractivity contribution in [3.8, 4) is 5.75 Å². The van der Waals surface area contributed by atoms with Gasteiger partial charge in [0.1, 0.15) is 11.4 Å².